The zero-order valence-corrected chi connectivity index (χ0v) is 15.7. The van der Waals surface area contributed by atoms with E-state index in [0.717, 1.165) is 17.3 Å². The van der Waals surface area contributed by atoms with Gasteiger partial charge < -0.3 is 15.7 Å². The zero-order chi connectivity index (χ0) is 20.1. The zero-order valence-electron chi connectivity index (χ0n) is 14.8. The summed E-state index contributed by atoms with van der Waals surface area (Å²) < 4.78 is 13.0. The van der Waals surface area contributed by atoms with E-state index < -0.39 is 11.1 Å². The first kappa shape index (κ1) is 19.6. The summed E-state index contributed by atoms with van der Waals surface area (Å²) in [4.78, 5) is 24.3. The number of carbonyl (C=O) groups is 2. The Hall–Kier alpha value is -3.20. The summed E-state index contributed by atoms with van der Waals surface area (Å²) in [5, 5.41) is 22.2. The lowest BCUT2D eigenvalue weighted by molar-refractivity contribution is -0.123. The molecule has 0 bridgehead atoms. The first-order valence-corrected chi connectivity index (χ1v) is 9.23. The number of rotatable bonds is 4. The van der Waals surface area contributed by atoms with E-state index in [1.807, 2.05) is 0 Å². The van der Waals surface area contributed by atoms with Crippen molar-refractivity contribution in [2.75, 3.05) is 5.32 Å². The minimum absolute atomic E-state index is 0.00261. The van der Waals surface area contributed by atoms with Gasteiger partial charge in [-0.15, -0.1) is 5.10 Å². The third-order valence-electron chi connectivity index (χ3n) is 3.85. The number of phenols is 1. The number of benzene rings is 2. The summed E-state index contributed by atoms with van der Waals surface area (Å²) in [7, 11) is 0. The number of amides is 2. The van der Waals surface area contributed by atoms with E-state index in [1.54, 1.807) is 19.1 Å². The first-order chi connectivity index (χ1) is 13.4. The van der Waals surface area contributed by atoms with E-state index in [1.165, 1.54) is 36.4 Å². The van der Waals surface area contributed by atoms with E-state index in [-0.39, 0.29) is 29.2 Å². The van der Waals surface area contributed by atoms with Crippen LogP contribution in [0.1, 0.15) is 18.9 Å². The fraction of sp³-hybridized carbons (Fsp3) is 0.158. The Bertz CT molecular complexity index is 943. The highest BCUT2D eigenvalue weighted by Gasteiger charge is 2.30. The molecule has 3 rings (SSSR count). The van der Waals surface area contributed by atoms with Crippen LogP contribution in [0.4, 0.5) is 10.1 Å². The monoisotopic (exact) mass is 400 g/mol. The van der Waals surface area contributed by atoms with Gasteiger partial charge in [-0.3, -0.25) is 9.59 Å². The summed E-state index contributed by atoms with van der Waals surface area (Å²) in [6, 6.07) is 11.8. The van der Waals surface area contributed by atoms with Crippen molar-refractivity contribution in [3.05, 3.63) is 59.9 Å². The molecule has 1 atom stereocenters. The second kappa shape index (κ2) is 8.66. The molecule has 0 aliphatic carbocycles. The van der Waals surface area contributed by atoms with E-state index in [4.69, 9.17) is 0 Å². The molecule has 2 amide bonds. The van der Waals surface area contributed by atoms with Crippen molar-refractivity contribution >= 4 is 40.1 Å². The molecule has 1 heterocycles. The highest BCUT2D eigenvalue weighted by molar-refractivity contribution is 8.15. The first-order valence-electron chi connectivity index (χ1n) is 8.35. The summed E-state index contributed by atoms with van der Waals surface area (Å²) in [6.07, 6.45) is -0.00261. The number of hydrogen-bond acceptors (Lipinski definition) is 6. The van der Waals surface area contributed by atoms with Crippen LogP contribution in [0.2, 0.25) is 0 Å². The van der Waals surface area contributed by atoms with Crippen molar-refractivity contribution in [3.8, 4) is 5.75 Å². The maximum Gasteiger partial charge on any atom is 0.238 e. The lowest BCUT2D eigenvalue weighted by atomic mass is 10.1. The van der Waals surface area contributed by atoms with Crippen molar-refractivity contribution in [2.24, 2.45) is 10.2 Å². The normalized spacial score (nSPS) is 18.6. The number of nitrogens with one attached hydrogen (secondary N) is 2. The van der Waals surface area contributed by atoms with Crippen LogP contribution < -0.4 is 10.6 Å². The van der Waals surface area contributed by atoms with Crippen LogP contribution in [0.5, 0.6) is 5.75 Å². The Labute approximate surface area is 164 Å². The summed E-state index contributed by atoms with van der Waals surface area (Å²) in [5.41, 5.74) is 1.79. The van der Waals surface area contributed by atoms with Crippen LogP contribution >= 0.6 is 11.8 Å². The van der Waals surface area contributed by atoms with Crippen LogP contribution in [-0.4, -0.2) is 33.1 Å². The number of amidine groups is 1. The van der Waals surface area contributed by atoms with Crippen LogP contribution in [0.3, 0.4) is 0 Å². The number of anilines is 1. The molecule has 0 saturated carbocycles. The lowest BCUT2D eigenvalue weighted by Gasteiger charge is -2.21. The Morgan fingerprint density at radius 2 is 1.89 bits per heavy atom. The molecule has 28 heavy (non-hydrogen) atoms. The highest BCUT2D eigenvalue weighted by atomic mass is 32.2. The van der Waals surface area contributed by atoms with Crippen LogP contribution in [-0.2, 0) is 9.59 Å². The average Bonchev–Trinajstić information content (AvgIpc) is 2.68. The smallest absolute Gasteiger partial charge is 0.238 e. The SMILES string of the molecule is CC(=N/N=C1\NC(=O)CC(C(=O)Nc2ccc(F)cc2)S1)c1ccc(O)cc1. The molecule has 2 aromatic carbocycles. The minimum Gasteiger partial charge on any atom is -0.508 e. The number of halogens is 1. The maximum absolute atomic E-state index is 13.0. The standard InChI is InChI=1S/C19H17FN4O3S/c1-11(12-2-8-15(25)9-3-12)23-24-19-22-17(26)10-16(28-19)18(27)21-14-6-4-13(20)5-7-14/h2-9,16,25H,10H2,1H3,(H,21,27)(H,22,24,26). The minimum atomic E-state index is -0.679. The molecule has 1 aliphatic rings. The molecule has 0 spiro atoms. The van der Waals surface area contributed by atoms with Crippen molar-refractivity contribution in [1.29, 1.82) is 0 Å². The van der Waals surface area contributed by atoms with Gasteiger partial charge in [-0.2, -0.15) is 5.10 Å². The van der Waals surface area contributed by atoms with E-state index in [2.05, 4.69) is 20.8 Å². The molecular formula is C19H17FN4O3S. The lowest BCUT2D eigenvalue weighted by Crippen LogP contribution is -2.41. The van der Waals surface area contributed by atoms with E-state index >= 15 is 0 Å². The number of thioether (sulfide) groups is 1. The second-order valence-corrected chi connectivity index (χ2v) is 7.18. The Balaban J connectivity index is 1.69. The highest BCUT2D eigenvalue weighted by Crippen LogP contribution is 2.23. The van der Waals surface area contributed by atoms with Gasteiger partial charge in [0.1, 0.15) is 16.8 Å². The second-order valence-electron chi connectivity index (χ2n) is 5.99. The molecule has 2 aromatic rings. The fourth-order valence-corrected chi connectivity index (χ4v) is 3.31. The predicted octanol–water partition coefficient (Wildman–Crippen LogP) is 2.87. The van der Waals surface area contributed by atoms with E-state index in [9.17, 15) is 19.1 Å². The van der Waals surface area contributed by atoms with Gasteiger partial charge in [-0.05, 0) is 61.0 Å². The van der Waals surface area contributed by atoms with E-state index in [0.29, 0.717) is 11.4 Å². The number of carbonyl (C=O) groups excluding carboxylic acids is 2. The Morgan fingerprint density at radius 3 is 2.57 bits per heavy atom. The van der Waals surface area contributed by atoms with Crippen LogP contribution in [0.25, 0.3) is 0 Å². The summed E-state index contributed by atoms with van der Waals surface area (Å²) in [6.45, 7) is 1.74. The average molecular weight is 400 g/mol. The van der Waals surface area contributed by atoms with Crippen molar-refractivity contribution < 1.29 is 19.1 Å². The molecule has 9 heteroatoms. The number of aromatic hydroxyl groups is 1. The predicted molar refractivity (Wildman–Crippen MR) is 107 cm³/mol. The third kappa shape index (κ3) is 5.17. The topological polar surface area (TPSA) is 103 Å². The number of hydrogen-bond donors (Lipinski definition) is 3. The molecule has 144 valence electrons. The summed E-state index contributed by atoms with van der Waals surface area (Å²) in [5.74, 6) is -0.971. The van der Waals surface area contributed by atoms with Crippen molar-refractivity contribution in [1.82, 2.24) is 5.32 Å². The van der Waals surface area contributed by atoms with Crippen LogP contribution in [0, 0.1) is 5.82 Å². The quantitative estimate of drug-likeness (QED) is 0.542. The molecule has 1 aliphatic heterocycles. The molecule has 1 saturated heterocycles. The van der Waals surface area contributed by atoms with Gasteiger partial charge in [0.2, 0.25) is 11.8 Å². The van der Waals surface area contributed by atoms with Gasteiger partial charge in [0, 0.05) is 12.1 Å². The van der Waals surface area contributed by atoms with Gasteiger partial charge >= 0.3 is 0 Å². The third-order valence-corrected chi connectivity index (χ3v) is 4.92. The van der Waals surface area contributed by atoms with Gasteiger partial charge in [0.25, 0.3) is 0 Å². The number of phenolic OH excluding ortho intramolecular Hbond substituents is 1. The van der Waals surface area contributed by atoms with Gasteiger partial charge in [-0.25, -0.2) is 4.39 Å². The Kier molecular flexibility index (Phi) is 6.05. The van der Waals surface area contributed by atoms with Crippen molar-refractivity contribution in [3.63, 3.8) is 0 Å². The molecule has 1 fully saturated rings. The summed E-state index contributed by atoms with van der Waals surface area (Å²) >= 11 is 1.09. The fourth-order valence-electron chi connectivity index (χ4n) is 2.38. The molecule has 3 N–H and O–H groups in total. The molecule has 0 radical (unpaired) electrons. The van der Waals surface area contributed by atoms with Crippen molar-refractivity contribution in [2.45, 2.75) is 18.6 Å². The molecule has 0 aromatic heterocycles. The number of nitrogens with zero attached hydrogens (tertiary/aromatic N) is 2. The Morgan fingerprint density at radius 1 is 1.21 bits per heavy atom. The van der Waals surface area contributed by atoms with Gasteiger partial charge in [-0.1, -0.05) is 11.8 Å². The molecular weight excluding hydrogens is 383 g/mol. The maximum atomic E-state index is 13.0. The van der Waals surface area contributed by atoms with Gasteiger partial charge in [0.15, 0.2) is 5.17 Å². The van der Waals surface area contributed by atoms with Crippen LogP contribution in [0.15, 0.2) is 58.7 Å². The molecule has 7 nitrogen and oxygen atoms in total. The molecule has 1 unspecified atom stereocenters. The van der Waals surface area contributed by atoms with Gasteiger partial charge in [0.05, 0.1) is 5.71 Å². The largest absolute Gasteiger partial charge is 0.508 e.